The van der Waals surface area contributed by atoms with Gasteiger partial charge in [0, 0.05) is 6.42 Å². The van der Waals surface area contributed by atoms with Gasteiger partial charge in [0.2, 0.25) is 5.24 Å². The molecule has 0 fully saturated rings. The van der Waals surface area contributed by atoms with Gasteiger partial charge in [0.1, 0.15) is 5.75 Å². The SMILES string of the molecule is CCC(CC(=O)Cl)c1cc(C(C)(C)C)c(O)c(C(C)(C)C)c1. The number of aromatic hydroxyl groups is 1. The van der Waals surface area contributed by atoms with Crippen LogP contribution in [0.1, 0.15) is 83.9 Å². The van der Waals surface area contributed by atoms with Crippen LogP contribution in [0, 0.1) is 0 Å². The quantitative estimate of drug-likeness (QED) is 0.728. The molecule has 0 saturated carbocycles. The van der Waals surface area contributed by atoms with Gasteiger partial charge in [0.15, 0.2) is 0 Å². The summed E-state index contributed by atoms with van der Waals surface area (Å²) in [5.74, 6) is 0.462. The number of phenols is 1. The first-order valence-electron chi connectivity index (χ1n) is 7.94. The lowest BCUT2D eigenvalue weighted by Gasteiger charge is -2.29. The van der Waals surface area contributed by atoms with Crippen LogP contribution in [0.4, 0.5) is 0 Å². The highest BCUT2D eigenvalue weighted by molar-refractivity contribution is 6.63. The molecular formula is C19H29ClO2. The molecule has 0 saturated heterocycles. The Labute approximate surface area is 139 Å². The Morgan fingerprint density at radius 3 is 1.77 bits per heavy atom. The molecule has 1 rings (SSSR count). The van der Waals surface area contributed by atoms with Crippen molar-refractivity contribution < 1.29 is 9.90 Å². The number of phenolic OH excluding ortho intramolecular Hbond substituents is 1. The summed E-state index contributed by atoms with van der Waals surface area (Å²) in [4.78, 5) is 11.3. The summed E-state index contributed by atoms with van der Waals surface area (Å²) in [7, 11) is 0. The summed E-state index contributed by atoms with van der Waals surface area (Å²) in [6, 6.07) is 4.08. The Morgan fingerprint density at radius 1 is 1.09 bits per heavy atom. The topological polar surface area (TPSA) is 37.3 Å². The van der Waals surface area contributed by atoms with E-state index >= 15 is 0 Å². The summed E-state index contributed by atoms with van der Waals surface area (Å²) in [6.45, 7) is 14.6. The van der Waals surface area contributed by atoms with Crippen molar-refractivity contribution in [2.24, 2.45) is 0 Å². The van der Waals surface area contributed by atoms with Crippen LogP contribution in [-0.2, 0) is 15.6 Å². The molecular weight excluding hydrogens is 296 g/mol. The van der Waals surface area contributed by atoms with E-state index in [1.165, 1.54) is 0 Å². The lowest BCUT2D eigenvalue weighted by atomic mass is 9.76. The minimum absolute atomic E-state index is 0.0906. The van der Waals surface area contributed by atoms with Gasteiger partial charge < -0.3 is 5.11 Å². The summed E-state index contributed by atoms with van der Waals surface area (Å²) in [5, 5.41) is 10.4. The van der Waals surface area contributed by atoms with Gasteiger partial charge in [-0.05, 0) is 51.5 Å². The first kappa shape index (κ1) is 19.0. The Bertz CT molecular complexity index is 513. The summed E-state index contributed by atoms with van der Waals surface area (Å²) >= 11 is 5.60. The van der Waals surface area contributed by atoms with E-state index in [9.17, 15) is 9.90 Å². The zero-order chi connectivity index (χ0) is 17.3. The van der Waals surface area contributed by atoms with Crippen molar-refractivity contribution in [1.29, 1.82) is 0 Å². The number of rotatable bonds is 4. The van der Waals surface area contributed by atoms with E-state index in [2.05, 4.69) is 48.5 Å². The third-order valence-corrected chi connectivity index (χ3v) is 4.27. The van der Waals surface area contributed by atoms with E-state index in [4.69, 9.17) is 11.6 Å². The van der Waals surface area contributed by atoms with Gasteiger partial charge in [0.05, 0.1) is 0 Å². The molecule has 1 atom stereocenters. The van der Waals surface area contributed by atoms with Crippen LogP contribution in [0.3, 0.4) is 0 Å². The maximum Gasteiger partial charge on any atom is 0.222 e. The molecule has 1 unspecified atom stereocenters. The largest absolute Gasteiger partial charge is 0.507 e. The van der Waals surface area contributed by atoms with Crippen LogP contribution < -0.4 is 0 Å². The Balaban J connectivity index is 3.56. The van der Waals surface area contributed by atoms with E-state index in [1.54, 1.807) is 0 Å². The normalized spacial score (nSPS) is 14.0. The molecule has 0 bridgehead atoms. The molecule has 0 spiro atoms. The van der Waals surface area contributed by atoms with Gasteiger partial charge in [-0.3, -0.25) is 4.79 Å². The molecule has 2 nitrogen and oxygen atoms in total. The zero-order valence-electron chi connectivity index (χ0n) is 14.9. The van der Waals surface area contributed by atoms with Gasteiger partial charge in [0.25, 0.3) is 0 Å². The Hall–Kier alpha value is -1.02. The molecule has 1 aromatic carbocycles. The van der Waals surface area contributed by atoms with E-state index in [0.717, 1.165) is 23.1 Å². The highest BCUT2D eigenvalue weighted by Gasteiger charge is 2.28. The minimum atomic E-state index is -0.311. The van der Waals surface area contributed by atoms with Crippen LogP contribution >= 0.6 is 11.6 Å². The van der Waals surface area contributed by atoms with Gasteiger partial charge in [-0.25, -0.2) is 0 Å². The Morgan fingerprint density at radius 2 is 1.50 bits per heavy atom. The zero-order valence-corrected chi connectivity index (χ0v) is 15.6. The maximum atomic E-state index is 11.3. The summed E-state index contributed by atoms with van der Waals surface area (Å²) < 4.78 is 0. The van der Waals surface area contributed by atoms with Crippen LogP contribution in [0.15, 0.2) is 12.1 Å². The second-order valence-electron chi connectivity index (χ2n) is 8.13. The highest BCUT2D eigenvalue weighted by Crippen LogP contribution is 2.42. The summed E-state index contributed by atoms with van der Waals surface area (Å²) in [6.07, 6.45) is 1.17. The number of benzene rings is 1. The van der Waals surface area contributed by atoms with Gasteiger partial charge in [-0.15, -0.1) is 0 Å². The van der Waals surface area contributed by atoms with Crippen molar-refractivity contribution in [2.75, 3.05) is 0 Å². The predicted octanol–water partition coefficient (Wildman–Crippen LogP) is 5.64. The third kappa shape index (κ3) is 4.49. The average Bonchev–Trinajstić information content (AvgIpc) is 2.33. The monoisotopic (exact) mass is 324 g/mol. The van der Waals surface area contributed by atoms with Crippen LogP contribution in [-0.4, -0.2) is 10.3 Å². The highest BCUT2D eigenvalue weighted by atomic mass is 35.5. The average molecular weight is 325 g/mol. The van der Waals surface area contributed by atoms with Crippen molar-refractivity contribution >= 4 is 16.8 Å². The number of hydrogen-bond acceptors (Lipinski definition) is 2. The second kappa shape index (κ2) is 6.62. The molecule has 0 radical (unpaired) electrons. The van der Waals surface area contributed by atoms with Gasteiger partial charge >= 0.3 is 0 Å². The molecule has 0 aromatic heterocycles. The van der Waals surface area contributed by atoms with Crippen LogP contribution in [0.2, 0.25) is 0 Å². The molecule has 0 aliphatic heterocycles. The molecule has 0 aliphatic carbocycles. The third-order valence-electron chi connectivity index (χ3n) is 4.12. The first-order chi connectivity index (χ1) is 9.87. The predicted molar refractivity (Wildman–Crippen MR) is 94.0 cm³/mol. The standard InChI is InChI=1S/C19H29ClO2/c1-8-12(11-16(20)21)13-9-14(18(2,3)4)17(22)15(10-13)19(5,6)7/h9-10,12,22H,8,11H2,1-7H3. The smallest absolute Gasteiger partial charge is 0.222 e. The molecule has 1 aromatic rings. The fourth-order valence-corrected chi connectivity index (χ4v) is 2.91. The molecule has 3 heteroatoms. The molecule has 0 aliphatic rings. The molecule has 124 valence electrons. The van der Waals surface area contributed by atoms with Crippen molar-refractivity contribution in [3.63, 3.8) is 0 Å². The maximum absolute atomic E-state index is 11.3. The minimum Gasteiger partial charge on any atom is -0.507 e. The number of hydrogen-bond donors (Lipinski definition) is 1. The van der Waals surface area contributed by atoms with E-state index in [1.807, 2.05) is 12.1 Å². The number of carbonyl (C=O) groups is 1. The van der Waals surface area contributed by atoms with E-state index in [-0.39, 0.29) is 22.0 Å². The lowest BCUT2D eigenvalue weighted by Crippen LogP contribution is -2.18. The van der Waals surface area contributed by atoms with E-state index < -0.39 is 0 Å². The number of carbonyl (C=O) groups excluding carboxylic acids is 1. The fourth-order valence-electron chi connectivity index (χ4n) is 2.73. The molecule has 0 amide bonds. The van der Waals surface area contributed by atoms with Gasteiger partial charge in [-0.1, -0.05) is 60.6 Å². The molecule has 22 heavy (non-hydrogen) atoms. The van der Waals surface area contributed by atoms with Crippen molar-refractivity contribution in [1.82, 2.24) is 0 Å². The fraction of sp³-hybridized carbons (Fsp3) is 0.632. The van der Waals surface area contributed by atoms with Crippen LogP contribution in [0.25, 0.3) is 0 Å². The van der Waals surface area contributed by atoms with Crippen molar-refractivity contribution in [3.8, 4) is 5.75 Å². The van der Waals surface area contributed by atoms with Crippen molar-refractivity contribution in [2.45, 2.75) is 78.1 Å². The Kier molecular flexibility index (Phi) is 5.72. The summed E-state index contributed by atoms with van der Waals surface area (Å²) in [5.41, 5.74) is 2.61. The lowest BCUT2D eigenvalue weighted by molar-refractivity contribution is -0.112. The van der Waals surface area contributed by atoms with Gasteiger partial charge in [-0.2, -0.15) is 0 Å². The second-order valence-corrected chi connectivity index (χ2v) is 8.55. The first-order valence-corrected chi connectivity index (χ1v) is 8.32. The van der Waals surface area contributed by atoms with Crippen molar-refractivity contribution in [3.05, 3.63) is 28.8 Å². The molecule has 1 N–H and O–H groups in total. The molecule has 0 heterocycles. The van der Waals surface area contributed by atoms with E-state index in [0.29, 0.717) is 12.2 Å². The number of halogens is 1. The van der Waals surface area contributed by atoms with Crippen LogP contribution in [0.5, 0.6) is 5.75 Å².